The average Bonchev–Trinajstić information content (AvgIpc) is 3.36. The summed E-state index contributed by atoms with van der Waals surface area (Å²) < 4.78 is 5.65. The molecule has 2 heterocycles. The van der Waals surface area contributed by atoms with Crippen LogP contribution in [-0.4, -0.2) is 22.6 Å². The lowest BCUT2D eigenvalue weighted by atomic mass is 10.2. The van der Waals surface area contributed by atoms with E-state index in [0.29, 0.717) is 13.2 Å². The zero-order valence-corrected chi connectivity index (χ0v) is 12.2. The standard InChI is InChI=1S/C17H21N3O/c1-2-9-18-15(3-1)8-10-21-13-17-5-4-14(12-20-17)11-19-16-6-7-16/h1-5,9,12,16,19H,6-8,10-11,13H2. The highest BCUT2D eigenvalue weighted by Gasteiger charge is 2.19. The van der Waals surface area contributed by atoms with E-state index < -0.39 is 0 Å². The Morgan fingerprint density at radius 2 is 2.05 bits per heavy atom. The third kappa shape index (κ3) is 4.92. The fourth-order valence-corrected chi connectivity index (χ4v) is 2.09. The van der Waals surface area contributed by atoms with Crippen LogP contribution in [-0.2, 0) is 24.3 Å². The SMILES string of the molecule is c1ccc(CCOCc2ccc(CNC3CC3)cn2)nc1. The van der Waals surface area contributed by atoms with Crippen molar-refractivity contribution in [3.8, 4) is 0 Å². The molecule has 21 heavy (non-hydrogen) atoms. The van der Waals surface area contributed by atoms with Gasteiger partial charge in [0.1, 0.15) is 0 Å². The van der Waals surface area contributed by atoms with Gasteiger partial charge in [-0.15, -0.1) is 0 Å². The molecule has 1 fully saturated rings. The lowest BCUT2D eigenvalue weighted by Gasteiger charge is -2.06. The van der Waals surface area contributed by atoms with Gasteiger partial charge in [-0.2, -0.15) is 0 Å². The van der Waals surface area contributed by atoms with Crippen LogP contribution in [0.3, 0.4) is 0 Å². The maximum absolute atomic E-state index is 5.65. The van der Waals surface area contributed by atoms with Crippen molar-refractivity contribution < 1.29 is 4.74 Å². The molecule has 0 unspecified atom stereocenters. The first-order valence-electron chi connectivity index (χ1n) is 7.55. The van der Waals surface area contributed by atoms with Crippen molar-refractivity contribution in [3.05, 3.63) is 59.7 Å². The van der Waals surface area contributed by atoms with Gasteiger partial charge in [0, 0.05) is 37.1 Å². The Hall–Kier alpha value is -1.78. The molecular weight excluding hydrogens is 262 g/mol. The van der Waals surface area contributed by atoms with Crippen LogP contribution in [0, 0.1) is 0 Å². The third-order valence-corrected chi connectivity index (χ3v) is 3.54. The lowest BCUT2D eigenvalue weighted by molar-refractivity contribution is 0.120. The van der Waals surface area contributed by atoms with Crippen LogP contribution in [0.4, 0.5) is 0 Å². The van der Waals surface area contributed by atoms with E-state index in [0.717, 1.165) is 30.4 Å². The molecule has 2 aromatic heterocycles. The number of rotatable bonds is 8. The molecular formula is C17H21N3O. The molecule has 4 heteroatoms. The Morgan fingerprint density at radius 1 is 1.10 bits per heavy atom. The van der Waals surface area contributed by atoms with Crippen LogP contribution in [0.5, 0.6) is 0 Å². The Balaban J connectivity index is 1.36. The highest BCUT2D eigenvalue weighted by Crippen LogP contribution is 2.19. The minimum absolute atomic E-state index is 0.559. The lowest BCUT2D eigenvalue weighted by Crippen LogP contribution is -2.15. The van der Waals surface area contributed by atoms with E-state index in [4.69, 9.17) is 4.74 Å². The summed E-state index contributed by atoms with van der Waals surface area (Å²) in [6.45, 7) is 2.14. The van der Waals surface area contributed by atoms with Crippen LogP contribution < -0.4 is 5.32 Å². The van der Waals surface area contributed by atoms with Gasteiger partial charge in [-0.05, 0) is 36.6 Å². The fraction of sp³-hybridized carbons (Fsp3) is 0.412. The van der Waals surface area contributed by atoms with E-state index in [1.54, 1.807) is 0 Å². The second-order valence-electron chi connectivity index (χ2n) is 5.44. The number of hydrogen-bond donors (Lipinski definition) is 1. The first kappa shape index (κ1) is 14.2. The second-order valence-corrected chi connectivity index (χ2v) is 5.44. The number of nitrogens with zero attached hydrogens (tertiary/aromatic N) is 2. The quantitative estimate of drug-likeness (QED) is 0.756. The minimum atomic E-state index is 0.559. The Kier molecular flexibility index (Phi) is 4.92. The Morgan fingerprint density at radius 3 is 2.76 bits per heavy atom. The van der Waals surface area contributed by atoms with Crippen LogP contribution in [0.2, 0.25) is 0 Å². The number of pyridine rings is 2. The summed E-state index contributed by atoms with van der Waals surface area (Å²) in [6, 6.07) is 10.8. The van der Waals surface area contributed by atoms with Gasteiger partial charge in [0.25, 0.3) is 0 Å². The molecule has 1 N–H and O–H groups in total. The van der Waals surface area contributed by atoms with E-state index in [2.05, 4.69) is 21.4 Å². The van der Waals surface area contributed by atoms with E-state index in [9.17, 15) is 0 Å². The molecule has 0 aromatic carbocycles. The molecule has 0 saturated heterocycles. The molecule has 4 nitrogen and oxygen atoms in total. The van der Waals surface area contributed by atoms with Crippen LogP contribution >= 0.6 is 0 Å². The molecule has 110 valence electrons. The van der Waals surface area contributed by atoms with Gasteiger partial charge < -0.3 is 10.1 Å². The van der Waals surface area contributed by atoms with Gasteiger partial charge in [0.2, 0.25) is 0 Å². The number of hydrogen-bond acceptors (Lipinski definition) is 4. The van der Waals surface area contributed by atoms with Crippen molar-refractivity contribution >= 4 is 0 Å². The van der Waals surface area contributed by atoms with E-state index in [1.807, 2.05) is 36.7 Å². The van der Waals surface area contributed by atoms with Crippen molar-refractivity contribution in [2.75, 3.05) is 6.61 Å². The third-order valence-electron chi connectivity index (χ3n) is 3.54. The summed E-state index contributed by atoms with van der Waals surface area (Å²) in [5, 5.41) is 3.48. The fourth-order valence-electron chi connectivity index (χ4n) is 2.09. The Labute approximate surface area is 125 Å². The second kappa shape index (κ2) is 7.29. The van der Waals surface area contributed by atoms with Crippen molar-refractivity contribution in [2.45, 2.75) is 38.5 Å². The smallest absolute Gasteiger partial charge is 0.0888 e. The molecule has 0 aliphatic heterocycles. The number of aromatic nitrogens is 2. The summed E-state index contributed by atoms with van der Waals surface area (Å²) >= 11 is 0. The average molecular weight is 283 g/mol. The van der Waals surface area contributed by atoms with E-state index in [1.165, 1.54) is 18.4 Å². The van der Waals surface area contributed by atoms with Gasteiger partial charge in [-0.25, -0.2) is 0 Å². The predicted octanol–water partition coefficient (Wildman–Crippen LogP) is 2.49. The first-order valence-corrected chi connectivity index (χ1v) is 7.55. The molecule has 2 aromatic rings. The van der Waals surface area contributed by atoms with E-state index in [-0.39, 0.29) is 0 Å². The van der Waals surface area contributed by atoms with Gasteiger partial charge >= 0.3 is 0 Å². The maximum atomic E-state index is 5.65. The summed E-state index contributed by atoms with van der Waals surface area (Å²) in [7, 11) is 0. The number of ether oxygens (including phenoxy) is 1. The zero-order chi connectivity index (χ0) is 14.3. The van der Waals surface area contributed by atoms with Gasteiger partial charge in [0.05, 0.1) is 18.9 Å². The molecule has 1 aliphatic rings. The van der Waals surface area contributed by atoms with Crippen molar-refractivity contribution in [1.82, 2.24) is 15.3 Å². The molecule has 0 spiro atoms. The topological polar surface area (TPSA) is 47.0 Å². The molecule has 0 bridgehead atoms. The molecule has 0 radical (unpaired) electrons. The largest absolute Gasteiger partial charge is 0.375 e. The van der Waals surface area contributed by atoms with Gasteiger partial charge in [-0.3, -0.25) is 9.97 Å². The van der Waals surface area contributed by atoms with Crippen molar-refractivity contribution in [2.24, 2.45) is 0 Å². The first-order chi connectivity index (χ1) is 10.4. The zero-order valence-electron chi connectivity index (χ0n) is 12.2. The van der Waals surface area contributed by atoms with Crippen molar-refractivity contribution in [3.63, 3.8) is 0 Å². The molecule has 0 atom stereocenters. The van der Waals surface area contributed by atoms with E-state index >= 15 is 0 Å². The van der Waals surface area contributed by atoms with Crippen LogP contribution in [0.25, 0.3) is 0 Å². The highest BCUT2D eigenvalue weighted by molar-refractivity contribution is 5.14. The molecule has 0 amide bonds. The highest BCUT2D eigenvalue weighted by atomic mass is 16.5. The van der Waals surface area contributed by atoms with Gasteiger partial charge in [-0.1, -0.05) is 12.1 Å². The van der Waals surface area contributed by atoms with Crippen LogP contribution in [0.15, 0.2) is 42.7 Å². The number of nitrogens with one attached hydrogen (secondary N) is 1. The molecule has 3 rings (SSSR count). The minimum Gasteiger partial charge on any atom is -0.375 e. The summed E-state index contributed by atoms with van der Waals surface area (Å²) in [5.74, 6) is 0. The molecule has 1 saturated carbocycles. The van der Waals surface area contributed by atoms with Crippen LogP contribution in [0.1, 0.15) is 29.8 Å². The summed E-state index contributed by atoms with van der Waals surface area (Å²) in [6.07, 6.45) is 7.22. The Bertz CT molecular complexity index is 538. The maximum Gasteiger partial charge on any atom is 0.0888 e. The normalized spacial score (nSPS) is 14.3. The monoisotopic (exact) mass is 283 g/mol. The summed E-state index contributed by atoms with van der Waals surface area (Å²) in [5.41, 5.74) is 3.28. The predicted molar refractivity (Wildman–Crippen MR) is 81.7 cm³/mol. The molecule has 1 aliphatic carbocycles. The summed E-state index contributed by atoms with van der Waals surface area (Å²) in [4.78, 5) is 8.71. The van der Waals surface area contributed by atoms with Gasteiger partial charge in [0.15, 0.2) is 0 Å². The van der Waals surface area contributed by atoms with Crippen molar-refractivity contribution in [1.29, 1.82) is 0 Å².